The molecular formula is C22H34IN5O3. The molecule has 8 nitrogen and oxygen atoms in total. The summed E-state index contributed by atoms with van der Waals surface area (Å²) in [5, 5.41) is 6.61. The highest BCUT2D eigenvalue weighted by atomic mass is 127. The van der Waals surface area contributed by atoms with Gasteiger partial charge in [-0.15, -0.1) is 24.0 Å². The van der Waals surface area contributed by atoms with Crippen LogP contribution in [0, 0.1) is 0 Å². The molecular weight excluding hydrogens is 509 g/mol. The number of ether oxygens (including phenoxy) is 1. The third kappa shape index (κ3) is 7.43. The van der Waals surface area contributed by atoms with E-state index in [9.17, 15) is 9.59 Å². The number of nitrogens with one attached hydrogen (secondary N) is 2. The van der Waals surface area contributed by atoms with Crippen molar-refractivity contribution in [2.75, 3.05) is 59.0 Å². The van der Waals surface area contributed by atoms with Gasteiger partial charge in [0.05, 0.1) is 24.3 Å². The number of carbonyl (C=O) groups excluding carboxylic acids is 2. The van der Waals surface area contributed by atoms with E-state index < -0.39 is 0 Å². The summed E-state index contributed by atoms with van der Waals surface area (Å²) < 4.78 is 5.37. The van der Waals surface area contributed by atoms with Gasteiger partial charge in [0.1, 0.15) is 0 Å². The molecule has 0 spiro atoms. The van der Waals surface area contributed by atoms with Gasteiger partial charge in [-0.05, 0) is 38.3 Å². The molecule has 2 heterocycles. The fraction of sp³-hybridized carbons (Fsp3) is 0.591. The first kappa shape index (κ1) is 25.5. The first-order valence-corrected chi connectivity index (χ1v) is 11.0. The third-order valence-corrected chi connectivity index (χ3v) is 5.33. The third-order valence-electron chi connectivity index (χ3n) is 5.33. The number of carbonyl (C=O) groups is 2. The molecule has 1 aromatic carbocycles. The van der Waals surface area contributed by atoms with E-state index in [1.165, 1.54) is 4.90 Å². The number of nitrogens with zero attached hydrogens (tertiary/aromatic N) is 3. The topological polar surface area (TPSA) is 86.3 Å². The molecule has 172 valence electrons. The number of benzene rings is 1. The zero-order valence-electron chi connectivity index (χ0n) is 18.3. The molecule has 2 amide bonds. The number of unbranched alkanes of at least 4 members (excludes halogenated alkanes) is 1. The average Bonchev–Trinajstić information content (AvgIpc) is 3.02. The first-order chi connectivity index (χ1) is 14.7. The average molecular weight is 543 g/mol. The zero-order chi connectivity index (χ0) is 21.2. The monoisotopic (exact) mass is 543 g/mol. The Morgan fingerprint density at radius 1 is 1.00 bits per heavy atom. The second kappa shape index (κ2) is 13.6. The van der Waals surface area contributed by atoms with Gasteiger partial charge in [0.2, 0.25) is 0 Å². The van der Waals surface area contributed by atoms with Crippen molar-refractivity contribution in [3.8, 4) is 0 Å². The number of amides is 2. The van der Waals surface area contributed by atoms with Gasteiger partial charge in [0, 0.05) is 45.8 Å². The number of hydrogen-bond donors (Lipinski definition) is 2. The maximum absolute atomic E-state index is 12.4. The Balaban J connectivity index is 0.00000341. The number of morpholine rings is 1. The summed E-state index contributed by atoms with van der Waals surface area (Å²) in [7, 11) is 0. The van der Waals surface area contributed by atoms with Gasteiger partial charge < -0.3 is 15.4 Å². The van der Waals surface area contributed by atoms with Crippen LogP contribution >= 0.6 is 24.0 Å². The smallest absolute Gasteiger partial charge is 0.261 e. The number of rotatable bonds is 10. The van der Waals surface area contributed by atoms with Crippen LogP contribution < -0.4 is 10.6 Å². The predicted octanol–water partition coefficient (Wildman–Crippen LogP) is 1.96. The van der Waals surface area contributed by atoms with Crippen molar-refractivity contribution < 1.29 is 14.3 Å². The summed E-state index contributed by atoms with van der Waals surface area (Å²) in [5.74, 6) is 0.456. The molecule has 2 N–H and O–H groups in total. The number of aliphatic imine (C=N–C) groups is 1. The van der Waals surface area contributed by atoms with Gasteiger partial charge in [-0.3, -0.25) is 24.4 Å². The normalized spacial score (nSPS) is 16.8. The van der Waals surface area contributed by atoms with Crippen molar-refractivity contribution in [2.24, 2.45) is 4.99 Å². The van der Waals surface area contributed by atoms with E-state index in [4.69, 9.17) is 4.74 Å². The molecule has 9 heteroatoms. The Bertz CT molecular complexity index is 717. The lowest BCUT2D eigenvalue weighted by Crippen LogP contribution is -2.39. The van der Waals surface area contributed by atoms with Gasteiger partial charge in [0.15, 0.2) is 5.96 Å². The van der Waals surface area contributed by atoms with Crippen LogP contribution in [0.4, 0.5) is 0 Å². The van der Waals surface area contributed by atoms with Gasteiger partial charge in [-0.2, -0.15) is 0 Å². The zero-order valence-corrected chi connectivity index (χ0v) is 20.6. The van der Waals surface area contributed by atoms with Crippen LogP contribution in [0.25, 0.3) is 0 Å². The molecule has 0 aromatic heterocycles. The van der Waals surface area contributed by atoms with E-state index in [2.05, 4.69) is 20.5 Å². The molecule has 1 aromatic rings. The van der Waals surface area contributed by atoms with Gasteiger partial charge in [-0.1, -0.05) is 12.1 Å². The molecule has 31 heavy (non-hydrogen) atoms. The first-order valence-electron chi connectivity index (χ1n) is 11.0. The molecule has 0 saturated carbocycles. The standard InChI is InChI=1S/C22H33N5O3.HI/c1-2-23-22(25-11-7-12-26-14-16-30-17-15-26)24-10-5-6-13-27-20(28)18-8-3-4-9-19(18)21(27)29;/h3-4,8-9H,2,5-7,10-17H2,1H3,(H2,23,24,25);1H. The Kier molecular flexibility index (Phi) is 11.2. The minimum atomic E-state index is -0.182. The van der Waals surface area contributed by atoms with Crippen LogP contribution in [-0.4, -0.2) is 86.6 Å². The minimum Gasteiger partial charge on any atom is -0.379 e. The highest BCUT2D eigenvalue weighted by Gasteiger charge is 2.34. The van der Waals surface area contributed by atoms with Crippen LogP contribution in [0.1, 0.15) is 46.9 Å². The molecule has 0 radical (unpaired) electrons. The fourth-order valence-electron chi connectivity index (χ4n) is 3.70. The lowest BCUT2D eigenvalue weighted by atomic mass is 10.1. The quantitative estimate of drug-likeness (QED) is 0.154. The summed E-state index contributed by atoms with van der Waals surface area (Å²) >= 11 is 0. The summed E-state index contributed by atoms with van der Waals surface area (Å²) in [5.41, 5.74) is 1.03. The summed E-state index contributed by atoms with van der Waals surface area (Å²) in [4.78, 5) is 33.2. The maximum Gasteiger partial charge on any atom is 0.261 e. The van der Waals surface area contributed by atoms with Gasteiger partial charge >= 0.3 is 0 Å². The highest BCUT2D eigenvalue weighted by molar-refractivity contribution is 14.0. The van der Waals surface area contributed by atoms with Crippen molar-refractivity contribution in [3.63, 3.8) is 0 Å². The summed E-state index contributed by atoms with van der Waals surface area (Å²) in [6.45, 7) is 9.55. The van der Waals surface area contributed by atoms with Crippen LogP contribution in [0.5, 0.6) is 0 Å². The SMILES string of the molecule is CCNC(=NCCCN1CCOCC1)NCCCCN1C(=O)c2ccccc2C1=O.I. The summed E-state index contributed by atoms with van der Waals surface area (Å²) in [6, 6.07) is 7.02. The van der Waals surface area contributed by atoms with Crippen molar-refractivity contribution in [1.29, 1.82) is 0 Å². The number of imide groups is 1. The molecule has 0 aliphatic carbocycles. The summed E-state index contributed by atoms with van der Waals surface area (Å²) in [6.07, 6.45) is 2.64. The van der Waals surface area contributed by atoms with E-state index in [1.54, 1.807) is 24.3 Å². The van der Waals surface area contributed by atoms with E-state index in [0.717, 1.165) is 77.7 Å². The van der Waals surface area contributed by atoms with Crippen molar-refractivity contribution >= 4 is 41.8 Å². The molecule has 2 aliphatic rings. The largest absolute Gasteiger partial charge is 0.379 e. The molecule has 0 atom stereocenters. The number of fused-ring (bicyclic) bond motifs is 1. The molecule has 0 unspecified atom stereocenters. The van der Waals surface area contributed by atoms with Crippen LogP contribution in [0.15, 0.2) is 29.3 Å². The Hall–Kier alpha value is -1.72. The fourth-order valence-corrected chi connectivity index (χ4v) is 3.70. The lowest BCUT2D eigenvalue weighted by molar-refractivity contribution is 0.0377. The lowest BCUT2D eigenvalue weighted by Gasteiger charge is -2.26. The molecule has 1 saturated heterocycles. The Labute approximate surface area is 201 Å². The minimum absolute atomic E-state index is 0. The second-order valence-electron chi connectivity index (χ2n) is 7.51. The van der Waals surface area contributed by atoms with Crippen LogP contribution in [0.2, 0.25) is 0 Å². The molecule has 0 bridgehead atoms. The highest BCUT2D eigenvalue weighted by Crippen LogP contribution is 2.22. The van der Waals surface area contributed by atoms with E-state index in [0.29, 0.717) is 17.7 Å². The van der Waals surface area contributed by atoms with Crippen LogP contribution in [-0.2, 0) is 4.74 Å². The van der Waals surface area contributed by atoms with E-state index in [-0.39, 0.29) is 35.8 Å². The molecule has 1 fully saturated rings. The van der Waals surface area contributed by atoms with E-state index in [1.807, 2.05) is 6.92 Å². The predicted molar refractivity (Wildman–Crippen MR) is 132 cm³/mol. The van der Waals surface area contributed by atoms with Crippen molar-refractivity contribution in [2.45, 2.75) is 26.2 Å². The van der Waals surface area contributed by atoms with Crippen molar-refractivity contribution in [1.82, 2.24) is 20.4 Å². The number of hydrogen-bond acceptors (Lipinski definition) is 5. The maximum atomic E-state index is 12.4. The second-order valence-corrected chi connectivity index (χ2v) is 7.51. The van der Waals surface area contributed by atoms with E-state index >= 15 is 0 Å². The van der Waals surface area contributed by atoms with Gasteiger partial charge in [0.25, 0.3) is 11.8 Å². The Morgan fingerprint density at radius 3 is 2.32 bits per heavy atom. The van der Waals surface area contributed by atoms with Crippen molar-refractivity contribution in [3.05, 3.63) is 35.4 Å². The molecule has 2 aliphatic heterocycles. The van der Waals surface area contributed by atoms with Crippen LogP contribution in [0.3, 0.4) is 0 Å². The number of guanidine groups is 1. The van der Waals surface area contributed by atoms with Gasteiger partial charge in [-0.25, -0.2) is 0 Å². The number of halogens is 1. The molecule has 3 rings (SSSR count). The Morgan fingerprint density at radius 2 is 1.68 bits per heavy atom.